The van der Waals surface area contributed by atoms with Crippen molar-refractivity contribution in [3.63, 3.8) is 0 Å². The van der Waals surface area contributed by atoms with Gasteiger partial charge in [0.05, 0.1) is 11.8 Å². The molecule has 0 saturated heterocycles. The highest BCUT2D eigenvalue weighted by atomic mass is 15.1. The zero-order valence-corrected chi connectivity index (χ0v) is 6.13. The Balaban J connectivity index is 3.71. The number of hydrogen-bond acceptors (Lipinski definition) is 3. The normalized spacial score (nSPS) is 13.7. The van der Waals surface area contributed by atoms with Gasteiger partial charge in [-0.2, -0.15) is 5.10 Å². The molecule has 0 aromatic rings. The highest BCUT2D eigenvalue weighted by molar-refractivity contribution is 6.15. The van der Waals surface area contributed by atoms with Gasteiger partial charge in [-0.25, -0.2) is 0 Å². The molecule has 0 rings (SSSR count). The first kappa shape index (κ1) is 8.14. The van der Waals surface area contributed by atoms with Gasteiger partial charge in [0.1, 0.15) is 0 Å². The van der Waals surface area contributed by atoms with E-state index in [1.165, 1.54) is 6.21 Å². The van der Waals surface area contributed by atoms with Crippen molar-refractivity contribution in [1.29, 1.82) is 0 Å². The summed E-state index contributed by atoms with van der Waals surface area (Å²) in [7, 11) is 0. The minimum atomic E-state index is -0.0266. The zero-order valence-electron chi connectivity index (χ0n) is 6.13. The lowest BCUT2D eigenvalue weighted by Crippen LogP contribution is -2.09. The molecule has 52 valence electrons. The maximum Gasteiger partial charge on any atom is 0.0644 e. The Kier molecular flexibility index (Phi) is 2.91. The monoisotopic (exact) mass is 127 g/mol. The van der Waals surface area contributed by atoms with Gasteiger partial charge in [0.2, 0.25) is 0 Å². The van der Waals surface area contributed by atoms with Crippen LogP contribution in [0.1, 0.15) is 20.8 Å². The van der Waals surface area contributed by atoms with Crippen molar-refractivity contribution < 1.29 is 0 Å². The molecular formula is C6H13N3. The van der Waals surface area contributed by atoms with Gasteiger partial charge in [-0.05, 0) is 20.8 Å². The van der Waals surface area contributed by atoms with E-state index in [1.54, 1.807) is 6.21 Å². The minimum absolute atomic E-state index is 0.0266. The molecule has 3 heteroatoms. The van der Waals surface area contributed by atoms with Crippen LogP contribution >= 0.6 is 0 Å². The quantitative estimate of drug-likeness (QED) is 0.316. The maximum absolute atomic E-state index is 4.84. The first-order valence-electron chi connectivity index (χ1n) is 2.83. The van der Waals surface area contributed by atoms with Crippen molar-refractivity contribution in [1.82, 2.24) is 0 Å². The molecule has 0 saturated carbocycles. The molecule has 0 aliphatic heterocycles. The Morgan fingerprint density at radius 1 is 1.22 bits per heavy atom. The predicted molar refractivity (Wildman–Crippen MR) is 40.9 cm³/mol. The Hall–Kier alpha value is -0.860. The van der Waals surface area contributed by atoms with Crippen molar-refractivity contribution >= 4 is 12.4 Å². The van der Waals surface area contributed by atoms with Gasteiger partial charge >= 0.3 is 0 Å². The summed E-state index contributed by atoms with van der Waals surface area (Å²) in [4.78, 5) is 4.09. The van der Waals surface area contributed by atoms with Crippen LogP contribution in [0.4, 0.5) is 0 Å². The Morgan fingerprint density at radius 3 is 2.11 bits per heavy atom. The zero-order chi connectivity index (χ0) is 7.33. The van der Waals surface area contributed by atoms with E-state index in [0.29, 0.717) is 0 Å². The average Bonchev–Trinajstić information content (AvgIpc) is 1.63. The molecule has 0 unspecified atom stereocenters. The number of rotatable bonds is 1. The van der Waals surface area contributed by atoms with Crippen LogP contribution in [0.2, 0.25) is 0 Å². The molecule has 0 spiro atoms. The van der Waals surface area contributed by atoms with E-state index in [4.69, 9.17) is 5.84 Å². The third-order valence-corrected chi connectivity index (χ3v) is 0.615. The van der Waals surface area contributed by atoms with Gasteiger partial charge in [-0.15, -0.1) is 0 Å². The summed E-state index contributed by atoms with van der Waals surface area (Å²) in [6.45, 7) is 6.02. The molecule has 0 fully saturated rings. The number of aliphatic imine (C=N–C) groups is 1. The van der Waals surface area contributed by atoms with Gasteiger partial charge in [-0.1, -0.05) is 0 Å². The van der Waals surface area contributed by atoms with Crippen molar-refractivity contribution in [2.24, 2.45) is 15.9 Å². The van der Waals surface area contributed by atoms with Crippen molar-refractivity contribution in [2.75, 3.05) is 0 Å². The van der Waals surface area contributed by atoms with Crippen LogP contribution in [0.5, 0.6) is 0 Å². The Bertz CT molecular complexity index is 119. The van der Waals surface area contributed by atoms with Gasteiger partial charge in [0.15, 0.2) is 0 Å². The summed E-state index contributed by atoms with van der Waals surface area (Å²) in [5, 5.41) is 3.26. The molecule has 0 amide bonds. The van der Waals surface area contributed by atoms with Crippen molar-refractivity contribution in [3.05, 3.63) is 0 Å². The minimum Gasteiger partial charge on any atom is -0.323 e. The maximum atomic E-state index is 4.84. The fourth-order valence-electron chi connectivity index (χ4n) is 0.295. The largest absolute Gasteiger partial charge is 0.323 e. The average molecular weight is 127 g/mol. The predicted octanol–water partition coefficient (Wildman–Crippen LogP) is 0.800. The van der Waals surface area contributed by atoms with Gasteiger partial charge < -0.3 is 5.84 Å². The fraction of sp³-hybridized carbons (Fsp3) is 0.667. The van der Waals surface area contributed by atoms with E-state index in [0.717, 1.165) is 0 Å². The van der Waals surface area contributed by atoms with Crippen LogP contribution < -0.4 is 5.84 Å². The smallest absolute Gasteiger partial charge is 0.0644 e. The number of nitrogens with two attached hydrogens (primary N) is 1. The van der Waals surface area contributed by atoms with Crippen LogP contribution in [0, 0.1) is 0 Å². The first-order chi connectivity index (χ1) is 4.06. The lowest BCUT2D eigenvalue weighted by molar-refractivity contribution is 0.587. The van der Waals surface area contributed by atoms with Gasteiger partial charge in [0.25, 0.3) is 0 Å². The van der Waals surface area contributed by atoms with Crippen molar-refractivity contribution in [3.8, 4) is 0 Å². The number of hydrazone groups is 1. The summed E-state index contributed by atoms with van der Waals surface area (Å²) in [5.74, 6) is 4.84. The van der Waals surface area contributed by atoms with Crippen LogP contribution in [0.3, 0.4) is 0 Å². The fourth-order valence-corrected chi connectivity index (χ4v) is 0.295. The third kappa shape index (κ3) is 7.14. The van der Waals surface area contributed by atoms with E-state index in [-0.39, 0.29) is 5.54 Å². The van der Waals surface area contributed by atoms with Crippen LogP contribution in [0.15, 0.2) is 10.1 Å². The molecule has 0 bridgehead atoms. The van der Waals surface area contributed by atoms with E-state index in [2.05, 4.69) is 10.1 Å². The second kappa shape index (κ2) is 3.22. The molecule has 3 nitrogen and oxygen atoms in total. The van der Waals surface area contributed by atoms with Crippen LogP contribution in [-0.4, -0.2) is 18.0 Å². The molecule has 0 aliphatic carbocycles. The number of nitrogens with zero attached hydrogens (tertiary/aromatic N) is 2. The SMILES string of the molecule is CC(C)(C)N=CC=NN. The standard InChI is InChI=1S/C6H13N3/c1-6(2,3)8-4-5-9-7/h4-5H,7H2,1-3H3. The molecule has 0 atom stereocenters. The molecule has 9 heavy (non-hydrogen) atoms. The summed E-state index contributed by atoms with van der Waals surface area (Å²) in [5.41, 5.74) is -0.0266. The van der Waals surface area contributed by atoms with E-state index in [9.17, 15) is 0 Å². The molecule has 0 heterocycles. The number of hydrogen-bond donors (Lipinski definition) is 1. The van der Waals surface area contributed by atoms with Gasteiger partial charge in [-0.3, -0.25) is 4.99 Å². The second-order valence-electron chi connectivity index (χ2n) is 2.75. The highest BCUT2D eigenvalue weighted by Gasteiger charge is 2.02. The van der Waals surface area contributed by atoms with Crippen molar-refractivity contribution in [2.45, 2.75) is 26.3 Å². The molecule has 0 aromatic carbocycles. The molecule has 0 radical (unpaired) electrons. The molecule has 2 N–H and O–H groups in total. The third-order valence-electron chi connectivity index (χ3n) is 0.615. The topological polar surface area (TPSA) is 50.7 Å². The first-order valence-corrected chi connectivity index (χ1v) is 2.83. The van der Waals surface area contributed by atoms with Crippen LogP contribution in [0.25, 0.3) is 0 Å². The van der Waals surface area contributed by atoms with E-state index >= 15 is 0 Å². The Morgan fingerprint density at radius 2 is 1.78 bits per heavy atom. The molecule has 0 aliphatic rings. The lowest BCUT2D eigenvalue weighted by Gasteiger charge is -2.09. The van der Waals surface area contributed by atoms with E-state index in [1.807, 2.05) is 20.8 Å². The van der Waals surface area contributed by atoms with Gasteiger partial charge in [0, 0.05) is 6.21 Å². The van der Waals surface area contributed by atoms with E-state index < -0.39 is 0 Å². The lowest BCUT2D eigenvalue weighted by atomic mass is 10.1. The van der Waals surface area contributed by atoms with Crippen LogP contribution in [-0.2, 0) is 0 Å². The Labute approximate surface area is 55.7 Å². The molecular weight excluding hydrogens is 114 g/mol. The summed E-state index contributed by atoms with van der Waals surface area (Å²) in [6.07, 6.45) is 3.06. The highest BCUT2D eigenvalue weighted by Crippen LogP contribution is 2.03. The summed E-state index contributed by atoms with van der Waals surface area (Å²) in [6, 6.07) is 0. The summed E-state index contributed by atoms with van der Waals surface area (Å²) >= 11 is 0. The summed E-state index contributed by atoms with van der Waals surface area (Å²) < 4.78 is 0. The second-order valence-corrected chi connectivity index (χ2v) is 2.75. The molecule has 0 aromatic heterocycles.